The van der Waals surface area contributed by atoms with E-state index in [4.69, 9.17) is 0 Å². The van der Waals surface area contributed by atoms with Crippen molar-refractivity contribution in [1.29, 1.82) is 0 Å². The molecule has 0 atom stereocenters. The number of carbonyl (C=O) groups is 1. The van der Waals surface area contributed by atoms with Gasteiger partial charge in [0.1, 0.15) is 5.82 Å². The van der Waals surface area contributed by atoms with Crippen molar-refractivity contribution in [3.8, 4) is 0 Å². The first-order valence-corrected chi connectivity index (χ1v) is 6.83. The molecule has 2 aromatic carbocycles. The zero-order chi connectivity index (χ0) is 15.4. The molecule has 2 rings (SSSR count). The predicted molar refractivity (Wildman–Crippen MR) is 84.2 cm³/mol. The summed E-state index contributed by atoms with van der Waals surface area (Å²) < 4.78 is 12.8. The highest BCUT2D eigenvalue weighted by Gasteiger charge is 2.06. The fraction of sp³-hybridized carbons (Fsp3) is 0.235. The maximum atomic E-state index is 12.8. The van der Waals surface area contributed by atoms with Gasteiger partial charge in [-0.05, 0) is 56.2 Å². The number of rotatable bonds is 4. The van der Waals surface area contributed by atoms with Crippen LogP contribution in [0.1, 0.15) is 16.7 Å². The average molecular weight is 286 g/mol. The number of anilines is 2. The number of benzene rings is 2. The second-order valence-electron chi connectivity index (χ2n) is 5.18. The molecule has 2 N–H and O–H groups in total. The summed E-state index contributed by atoms with van der Waals surface area (Å²) in [5.41, 5.74) is 4.99. The van der Waals surface area contributed by atoms with Gasteiger partial charge in [-0.15, -0.1) is 0 Å². The summed E-state index contributed by atoms with van der Waals surface area (Å²) in [6.45, 7) is 6.24. The number of nitrogens with one attached hydrogen (secondary N) is 2. The van der Waals surface area contributed by atoms with Gasteiger partial charge in [-0.25, -0.2) is 4.39 Å². The highest BCUT2D eigenvalue weighted by atomic mass is 19.1. The van der Waals surface area contributed by atoms with Crippen LogP contribution in [0.3, 0.4) is 0 Å². The Morgan fingerprint density at radius 1 is 1.05 bits per heavy atom. The number of carbonyl (C=O) groups excluding carboxylic acids is 1. The number of amides is 1. The van der Waals surface area contributed by atoms with E-state index >= 15 is 0 Å². The van der Waals surface area contributed by atoms with E-state index in [0.29, 0.717) is 5.69 Å². The van der Waals surface area contributed by atoms with Crippen LogP contribution in [0.5, 0.6) is 0 Å². The third-order valence-corrected chi connectivity index (χ3v) is 3.23. The summed E-state index contributed by atoms with van der Waals surface area (Å²) in [5, 5.41) is 5.88. The van der Waals surface area contributed by atoms with Crippen molar-refractivity contribution in [2.75, 3.05) is 17.2 Å². The van der Waals surface area contributed by atoms with Crippen LogP contribution in [0, 0.1) is 26.6 Å². The van der Waals surface area contributed by atoms with Gasteiger partial charge in [-0.2, -0.15) is 0 Å². The van der Waals surface area contributed by atoms with E-state index in [0.717, 1.165) is 16.8 Å². The van der Waals surface area contributed by atoms with E-state index in [1.807, 2.05) is 20.8 Å². The van der Waals surface area contributed by atoms with E-state index in [1.165, 1.54) is 29.8 Å². The molecule has 0 heterocycles. The van der Waals surface area contributed by atoms with Gasteiger partial charge in [0.15, 0.2) is 0 Å². The van der Waals surface area contributed by atoms with Crippen molar-refractivity contribution in [1.82, 2.24) is 0 Å². The van der Waals surface area contributed by atoms with E-state index in [2.05, 4.69) is 22.8 Å². The zero-order valence-electron chi connectivity index (χ0n) is 12.5. The lowest BCUT2D eigenvalue weighted by atomic mass is 10.1. The van der Waals surface area contributed by atoms with Gasteiger partial charge in [-0.1, -0.05) is 17.7 Å². The normalized spacial score (nSPS) is 10.3. The molecule has 2 aromatic rings. The molecule has 0 aliphatic carbocycles. The van der Waals surface area contributed by atoms with Crippen molar-refractivity contribution >= 4 is 17.3 Å². The molecule has 0 saturated heterocycles. The molecule has 0 aromatic heterocycles. The van der Waals surface area contributed by atoms with E-state index < -0.39 is 0 Å². The smallest absolute Gasteiger partial charge is 0.243 e. The maximum Gasteiger partial charge on any atom is 0.243 e. The van der Waals surface area contributed by atoms with Crippen LogP contribution in [0.4, 0.5) is 15.8 Å². The number of aryl methyl sites for hydroxylation is 3. The lowest BCUT2D eigenvalue weighted by Crippen LogP contribution is -2.22. The van der Waals surface area contributed by atoms with E-state index in [9.17, 15) is 9.18 Å². The van der Waals surface area contributed by atoms with Crippen LogP contribution in [-0.4, -0.2) is 12.5 Å². The largest absolute Gasteiger partial charge is 0.376 e. The number of hydrogen-bond donors (Lipinski definition) is 2. The summed E-state index contributed by atoms with van der Waals surface area (Å²) in [6, 6.07) is 9.86. The van der Waals surface area contributed by atoms with Gasteiger partial charge in [-0.3, -0.25) is 4.79 Å². The monoisotopic (exact) mass is 286 g/mol. The first kappa shape index (κ1) is 15.0. The van der Waals surface area contributed by atoms with Crippen molar-refractivity contribution < 1.29 is 9.18 Å². The fourth-order valence-corrected chi connectivity index (χ4v) is 2.37. The standard InChI is InChI=1S/C17H19FN2O/c1-11-8-12(2)17(13(3)9-11)19-10-16(21)20-15-6-4-14(18)5-7-15/h4-9,19H,10H2,1-3H3,(H,20,21). The quantitative estimate of drug-likeness (QED) is 0.897. The third kappa shape index (κ3) is 4.05. The zero-order valence-corrected chi connectivity index (χ0v) is 12.5. The number of hydrogen-bond acceptors (Lipinski definition) is 2. The minimum Gasteiger partial charge on any atom is -0.376 e. The van der Waals surface area contributed by atoms with Gasteiger partial charge in [0, 0.05) is 11.4 Å². The SMILES string of the molecule is Cc1cc(C)c(NCC(=O)Nc2ccc(F)cc2)c(C)c1. The maximum absolute atomic E-state index is 12.8. The second kappa shape index (κ2) is 6.39. The van der Waals surface area contributed by atoms with Crippen LogP contribution in [0.2, 0.25) is 0 Å². The second-order valence-corrected chi connectivity index (χ2v) is 5.18. The first-order chi connectivity index (χ1) is 9.95. The Bertz CT molecular complexity index is 627. The van der Waals surface area contributed by atoms with Gasteiger partial charge in [0.2, 0.25) is 5.91 Å². The molecular weight excluding hydrogens is 267 g/mol. The minimum atomic E-state index is -0.322. The molecule has 0 aliphatic heterocycles. The molecule has 1 amide bonds. The molecule has 0 bridgehead atoms. The summed E-state index contributed by atoms with van der Waals surface area (Å²) in [5.74, 6) is -0.488. The minimum absolute atomic E-state index is 0.166. The molecule has 4 heteroatoms. The topological polar surface area (TPSA) is 41.1 Å². The van der Waals surface area contributed by atoms with Gasteiger partial charge in [0.25, 0.3) is 0 Å². The Hall–Kier alpha value is -2.36. The van der Waals surface area contributed by atoms with Gasteiger partial charge in [0.05, 0.1) is 6.54 Å². The molecule has 110 valence electrons. The molecule has 0 unspecified atom stereocenters. The van der Waals surface area contributed by atoms with Crippen LogP contribution < -0.4 is 10.6 Å². The van der Waals surface area contributed by atoms with Crippen molar-refractivity contribution in [2.45, 2.75) is 20.8 Å². The Morgan fingerprint density at radius 3 is 2.19 bits per heavy atom. The highest BCUT2D eigenvalue weighted by molar-refractivity contribution is 5.93. The van der Waals surface area contributed by atoms with E-state index in [1.54, 1.807) is 0 Å². The molecule has 0 saturated carbocycles. The molecule has 21 heavy (non-hydrogen) atoms. The fourth-order valence-electron chi connectivity index (χ4n) is 2.37. The highest BCUT2D eigenvalue weighted by Crippen LogP contribution is 2.21. The predicted octanol–water partition coefficient (Wildman–Crippen LogP) is 3.80. The Labute approximate surface area is 124 Å². The van der Waals surface area contributed by atoms with E-state index in [-0.39, 0.29) is 18.3 Å². The Kier molecular flexibility index (Phi) is 4.58. The molecule has 0 spiro atoms. The Morgan fingerprint density at radius 2 is 1.62 bits per heavy atom. The first-order valence-electron chi connectivity index (χ1n) is 6.83. The molecule has 0 radical (unpaired) electrons. The summed E-state index contributed by atoms with van der Waals surface area (Å²) in [6.07, 6.45) is 0. The van der Waals surface area contributed by atoms with Crippen LogP contribution in [0.25, 0.3) is 0 Å². The van der Waals surface area contributed by atoms with Crippen LogP contribution >= 0.6 is 0 Å². The molecular formula is C17H19FN2O. The Balaban J connectivity index is 1.97. The molecule has 0 fully saturated rings. The van der Waals surface area contributed by atoms with Crippen LogP contribution in [-0.2, 0) is 4.79 Å². The third-order valence-electron chi connectivity index (χ3n) is 3.23. The van der Waals surface area contributed by atoms with Crippen molar-refractivity contribution in [2.24, 2.45) is 0 Å². The lowest BCUT2D eigenvalue weighted by Gasteiger charge is -2.13. The summed E-state index contributed by atoms with van der Waals surface area (Å²) in [4.78, 5) is 11.9. The van der Waals surface area contributed by atoms with Crippen LogP contribution in [0.15, 0.2) is 36.4 Å². The molecule has 3 nitrogen and oxygen atoms in total. The molecule has 0 aliphatic rings. The number of halogens is 1. The van der Waals surface area contributed by atoms with Crippen molar-refractivity contribution in [3.05, 3.63) is 58.9 Å². The van der Waals surface area contributed by atoms with Gasteiger partial charge >= 0.3 is 0 Å². The van der Waals surface area contributed by atoms with Gasteiger partial charge < -0.3 is 10.6 Å². The lowest BCUT2D eigenvalue weighted by molar-refractivity contribution is -0.114. The van der Waals surface area contributed by atoms with Crippen molar-refractivity contribution in [3.63, 3.8) is 0 Å². The summed E-state index contributed by atoms with van der Waals surface area (Å²) >= 11 is 0. The summed E-state index contributed by atoms with van der Waals surface area (Å²) in [7, 11) is 0. The average Bonchev–Trinajstić information content (AvgIpc) is 2.40.